The molecule has 1 heterocycles. The van der Waals surface area contributed by atoms with Gasteiger partial charge in [-0.05, 0) is 12.1 Å². The molecule has 4 rings (SSSR count). The number of non-ortho nitro benzene ring substituents is 2. The number of aromatic nitrogens is 2. The Morgan fingerprint density at radius 2 is 1.36 bits per heavy atom. The number of para-hydroxylation sites is 2. The number of nitro groups is 2. The van der Waals surface area contributed by atoms with Gasteiger partial charge in [-0.25, -0.2) is 5.43 Å². The van der Waals surface area contributed by atoms with Crippen LogP contribution in [0.5, 0.6) is 5.75 Å². The fourth-order valence-electron chi connectivity index (χ4n) is 3.28. The van der Waals surface area contributed by atoms with Gasteiger partial charge in [-0.1, -0.05) is 36.4 Å². The molecule has 0 radical (unpaired) electrons. The van der Waals surface area contributed by atoms with Crippen molar-refractivity contribution in [3.63, 3.8) is 0 Å². The molecule has 4 aromatic rings. The summed E-state index contributed by atoms with van der Waals surface area (Å²) in [5, 5.41) is 33.4. The molecule has 3 N–H and O–H groups in total. The summed E-state index contributed by atoms with van der Waals surface area (Å²) in [5.41, 5.74) is 7.02. The fourth-order valence-corrected chi connectivity index (χ4v) is 3.28. The predicted octanol–water partition coefficient (Wildman–Crippen LogP) is 4.94. The molecule has 0 aliphatic rings. The highest BCUT2D eigenvalue weighted by Crippen LogP contribution is 2.27. The Labute approximate surface area is 221 Å². The van der Waals surface area contributed by atoms with E-state index in [9.17, 15) is 20.2 Å². The summed E-state index contributed by atoms with van der Waals surface area (Å²) in [5.74, 6) is 1.32. The van der Waals surface area contributed by atoms with Crippen molar-refractivity contribution >= 4 is 47.1 Å². The molecule has 0 aliphatic carbocycles. The summed E-state index contributed by atoms with van der Waals surface area (Å²) in [6.07, 6.45) is 2.81. The van der Waals surface area contributed by atoms with E-state index in [1.54, 1.807) is 43.5 Å². The molecule has 14 nitrogen and oxygen atoms in total. The first-order valence-electron chi connectivity index (χ1n) is 11.3. The number of hydrogen-bond donors (Lipinski definition) is 3. The zero-order valence-electron chi connectivity index (χ0n) is 20.4. The van der Waals surface area contributed by atoms with E-state index in [1.165, 1.54) is 36.7 Å². The van der Waals surface area contributed by atoms with Gasteiger partial charge >= 0.3 is 0 Å². The Kier molecular flexibility index (Phi) is 8.29. The van der Waals surface area contributed by atoms with Crippen LogP contribution in [0, 0.1) is 20.2 Å². The van der Waals surface area contributed by atoms with Gasteiger partial charge in [0.2, 0.25) is 5.95 Å². The van der Waals surface area contributed by atoms with Crippen molar-refractivity contribution in [2.24, 2.45) is 10.2 Å². The Morgan fingerprint density at radius 3 is 1.97 bits per heavy atom. The highest BCUT2D eigenvalue weighted by atomic mass is 16.6. The van der Waals surface area contributed by atoms with Crippen molar-refractivity contribution < 1.29 is 14.6 Å². The summed E-state index contributed by atoms with van der Waals surface area (Å²) in [6, 6.07) is 20.8. The van der Waals surface area contributed by atoms with Gasteiger partial charge in [0, 0.05) is 41.5 Å². The normalized spacial score (nSPS) is 10.9. The van der Waals surface area contributed by atoms with E-state index >= 15 is 0 Å². The summed E-state index contributed by atoms with van der Waals surface area (Å²) in [4.78, 5) is 29.8. The number of anilines is 4. The molecular formula is C25H21N9O5. The second kappa shape index (κ2) is 12.4. The minimum Gasteiger partial charge on any atom is -0.495 e. The third-order valence-corrected chi connectivity index (χ3v) is 5.03. The van der Waals surface area contributed by atoms with Crippen LogP contribution in [-0.4, -0.2) is 39.4 Å². The van der Waals surface area contributed by atoms with E-state index in [4.69, 9.17) is 4.74 Å². The molecule has 0 amide bonds. The number of hydrazone groups is 2. The zero-order valence-corrected chi connectivity index (χ0v) is 20.4. The lowest BCUT2D eigenvalue weighted by atomic mass is 10.2. The van der Waals surface area contributed by atoms with Crippen molar-refractivity contribution in [2.75, 3.05) is 23.3 Å². The number of nitrogens with zero attached hydrogens (tertiary/aromatic N) is 6. The molecule has 0 saturated carbocycles. The Bertz CT molecular complexity index is 1470. The van der Waals surface area contributed by atoms with Gasteiger partial charge in [0.25, 0.3) is 11.4 Å². The van der Waals surface area contributed by atoms with Gasteiger partial charge in [-0.3, -0.25) is 25.7 Å². The molecular weight excluding hydrogens is 506 g/mol. The topological polar surface area (TPSA) is 182 Å². The van der Waals surface area contributed by atoms with Crippen molar-refractivity contribution in [3.05, 3.63) is 110 Å². The molecule has 0 spiro atoms. The first kappa shape index (κ1) is 26.2. The van der Waals surface area contributed by atoms with Crippen molar-refractivity contribution in [1.82, 2.24) is 9.97 Å². The number of methoxy groups -OCH3 is 1. The maximum Gasteiger partial charge on any atom is 0.270 e. The second-order valence-corrected chi connectivity index (χ2v) is 7.73. The van der Waals surface area contributed by atoms with E-state index in [0.717, 1.165) is 0 Å². The molecule has 39 heavy (non-hydrogen) atoms. The summed E-state index contributed by atoms with van der Waals surface area (Å²) < 4.78 is 5.38. The molecule has 14 heteroatoms. The number of ether oxygens (including phenoxy) is 1. The largest absolute Gasteiger partial charge is 0.495 e. The third kappa shape index (κ3) is 7.29. The van der Waals surface area contributed by atoms with Crippen LogP contribution in [0.25, 0.3) is 0 Å². The molecule has 3 aromatic carbocycles. The molecule has 0 atom stereocenters. The number of rotatable bonds is 11. The Balaban J connectivity index is 1.57. The maximum atomic E-state index is 11.0. The van der Waals surface area contributed by atoms with Gasteiger partial charge < -0.3 is 10.1 Å². The van der Waals surface area contributed by atoms with Gasteiger partial charge in [0.15, 0.2) is 5.82 Å². The SMILES string of the molecule is COc1ccccc1Nc1cc(NN=Cc2cccc([N+](=O)[O-])c2)nc(NN=Cc2cccc([N+](=O)[O-])c2)n1. The van der Waals surface area contributed by atoms with E-state index in [1.807, 2.05) is 18.2 Å². The molecule has 0 bridgehead atoms. The van der Waals surface area contributed by atoms with Gasteiger partial charge in [0.05, 0.1) is 35.1 Å². The highest BCUT2D eigenvalue weighted by Gasteiger charge is 2.09. The van der Waals surface area contributed by atoms with Crippen LogP contribution in [0.1, 0.15) is 11.1 Å². The lowest BCUT2D eigenvalue weighted by Gasteiger charge is -2.12. The van der Waals surface area contributed by atoms with Crippen LogP contribution < -0.4 is 20.9 Å². The van der Waals surface area contributed by atoms with Gasteiger partial charge in [0.1, 0.15) is 11.6 Å². The van der Waals surface area contributed by atoms with Crippen LogP contribution in [0.2, 0.25) is 0 Å². The Hall–Kier alpha value is -5.92. The molecule has 0 aliphatic heterocycles. The lowest BCUT2D eigenvalue weighted by Crippen LogP contribution is -2.04. The average molecular weight is 528 g/mol. The van der Waals surface area contributed by atoms with Crippen LogP contribution in [-0.2, 0) is 0 Å². The van der Waals surface area contributed by atoms with Crippen molar-refractivity contribution in [1.29, 1.82) is 0 Å². The standard InChI is InChI=1S/C25H21N9O5/c1-39-22-11-3-2-10-21(22)28-23-14-24(31-26-15-17-6-4-8-19(12-17)33(35)36)30-25(29-23)32-27-16-18-7-5-9-20(13-18)34(37)38/h2-16H,1H3,(H3,28,29,30,31,32). The zero-order chi connectivity index (χ0) is 27.6. The first-order valence-corrected chi connectivity index (χ1v) is 11.3. The fraction of sp³-hybridized carbons (Fsp3) is 0.0400. The maximum absolute atomic E-state index is 11.0. The molecule has 196 valence electrons. The van der Waals surface area contributed by atoms with Crippen LogP contribution >= 0.6 is 0 Å². The third-order valence-electron chi connectivity index (χ3n) is 5.03. The summed E-state index contributed by atoms with van der Waals surface area (Å²) in [6.45, 7) is 0. The summed E-state index contributed by atoms with van der Waals surface area (Å²) >= 11 is 0. The number of hydrogen-bond acceptors (Lipinski definition) is 12. The van der Waals surface area contributed by atoms with Gasteiger partial charge in [-0.15, -0.1) is 0 Å². The highest BCUT2D eigenvalue weighted by molar-refractivity contribution is 5.82. The van der Waals surface area contributed by atoms with E-state index in [-0.39, 0.29) is 23.1 Å². The second-order valence-electron chi connectivity index (χ2n) is 7.73. The predicted molar refractivity (Wildman–Crippen MR) is 147 cm³/mol. The molecule has 0 fully saturated rings. The van der Waals surface area contributed by atoms with Crippen LogP contribution in [0.4, 0.5) is 34.6 Å². The minimum absolute atomic E-state index is 0.0580. The summed E-state index contributed by atoms with van der Waals surface area (Å²) in [7, 11) is 1.55. The molecule has 0 saturated heterocycles. The number of benzene rings is 3. The van der Waals surface area contributed by atoms with Crippen LogP contribution in [0.3, 0.4) is 0 Å². The monoisotopic (exact) mass is 527 g/mol. The van der Waals surface area contributed by atoms with Crippen molar-refractivity contribution in [3.8, 4) is 5.75 Å². The van der Waals surface area contributed by atoms with E-state index in [2.05, 4.69) is 36.3 Å². The van der Waals surface area contributed by atoms with Crippen LogP contribution in [0.15, 0.2) is 89.1 Å². The van der Waals surface area contributed by atoms with E-state index < -0.39 is 9.85 Å². The smallest absolute Gasteiger partial charge is 0.270 e. The lowest BCUT2D eigenvalue weighted by molar-refractivity contribution is -0.385. The average Bonchev–Trinajstić information content (AvgIpc) is 2.93. The number of nitro benzene ring substituents is 2. The quantitative estimate of drug-likeness (QED) is 0.137. The minimum atomic E-state index is -0.493. The Morgan fingerprint density at radius 1 is 0.769 bits per heavy atom. The molecule has 0 unspecified atom stereocenters. The van der Waals surface area contributed by atoms with Gasteiger partial charge in [-0.2, -0.15) is 20.2 Å². The van der Waals surface area contributed by atoms with Crippen molar-refractivity contribution in [2.45, 2.75) is 0 Å². The van der Waals surface area contributed by atoms with E-state index in [0.29, 0.717) is 28.4 Å². The molecule has 1 aromatic heterocycles. The number of nitrogens with one attached hydrogen (secondary N) is 3. The first-order chi connectivity index (χ1) is 18.9.